The highest BCUT2D eigenvalue weighted by Gasteiger charge is 2.34. The quantitative estimate of drug-likeness (QED) is 0.811. The second-order valence-corrected chi connectivity index (χ2v) is 7.03. The van der Waals surface area contributed by atoms with Crippen molar-refractivity contribution < 1.29 is 8.42 Å². The van der Waals surface area contributed by atoms with Crippen LogP contribution in [0.2, 0.25) is 0 Å². The largest absolute Gasteiger partial charge is 0.243 e. The van der Waals surface area contributed by atoms with Gasteiger partial charge in [-0.05, 0) is 30.9 Å². The lowest BCUT2D eigenvalue weighted by molar-refractivity contribution is 0.463. The summed E-state index contributed by atoms with van der Waals surface area (Å²) in [6, 6.07) is 7.07. The molecule has 94 valence electrons. The molecule has 3 nitrogen and oxygen atoms in total. The number of aryl methyl sites for hydroxylation is 1. The molecule has 0 aromatic heterocycles. The van der Waals surface area contributed by atoms with Crippen LogP contribution in [-0.4, -0.2) is 25.8 Å². The fourth-order valence-electron chi connectivity index (χ4n) is 2.13. The Hall–Kier alpha value is -0.870. The van der Waals surface area contributed by atoms with Crippen LogP contribution in [0.5, 0.6) is 0 Å². The first-order chi connectivity index (χ1) is 7.91. The van der Waals surface area contributed by atoms with E-state index in [1.807, 2.05) is 19.1 Å². The molecule has 1 fully saturated rings. The van der Waals surface area contributed by atoms with E-state index in [1.165, 1.54) is 0 Å². The molecule has 1 heterocycles. The zero-order chi connectivity index (χ0) is 12.6. The first kappa shape index (κ1) is 12.6. The van der Waals surface area contributed by atoms with E-state index in [-0.39, 0.29) is 0 Å². The molecule has 1 aliphatic heterocycles. The van der Waals surface area contributed by atoms with E-state index in [1.54, 1.807) is 16.4 Å². The van der Waals surface area contributed by atoms with Crippen molar-refractivity contribution in [2.75, 3.05) is 13.1 Å². The maximum absolute atomic E-state index is 12.4. The van der Waals surface area contributed by atoms with Crippen molar-refractivity contribution in [3.05, 3.63) is 29.8 Å². The molecule has 2 atom stereocenters. The SMILES string of the molecule is Cc1ccc(S(=O)(=O)N2CC(C)C(C)C2)cc1. The number of nitrogens with zero attached hydrogens (tertiary/aromatic N) is 1. The maximum atomic E-state index is 12.4. The second kappa shape index (κ2) is 4.42. The second-order valence-electron chi connectivity index (χ2n) is 5.09. The number of sulfonamides is 1. The maximum Gasteiger partial charge on any atom is 0.243 e. The van der Waals surface area contributed by atoms with Crippen LogP contribution in [-0.2, 0) is 10.0 Å². The van der Waals surface area contributed by atoms with E-state index < -0.39 is 10.0 Å². The zero-order valence-electron chi connectivity index (χ0n) is 10.6. The Kier molecular flexibility index (Phi) is 3.27. The average Bonchev–Trinajstić information content (AvgIpc) is 2.60. The normalized spacial score (nSPS) is 26.3. The van der Waals surface area contributed by atoms with Gasteiger partial charge < -0.3 is 0 Å². The van der Waals surface area contributed by atoms with E-state index in [9.17, 15) is 8.42 Å². The van der Waals surface area contributed by atoms with Gasteiger partial charge in [0.1, 0.15) is 0 Å². The highest BCUT2D eigenvalue weighted by atomic mass is 32.2. The van der Waals surface area contributed by atoms with Gasteiger partial charge in [0.15, 0.2) is 0 Å². The van der Waals surface area contributed by atoms with Gasteiger partial charge in [0, 0.05) is 13.1 Å². The fraction of sp³-hybridized carbons (Fsp3) is 0.538. The van der Waals surface area contributed by atoms with Crippen molar-refractivity contribution in [1.82, 2.24) is 4.31 Å². The van der Waals surface area contributed by atoms with Crippen molar-refractivity contribution in [2.45, 2.75) is 25.7 Å². The van der Waals surface area contributed by atoms with Crippen LogP contribution in [0.1, 0.15) is 19.4 Å². The van der Waals surface area contributed by atoms with Gasteiger partial charge in [-0.1, -0.05) is 31.5 Å². The number of hydrogen-bond donors (Lipinski definition) is 0. The van der Waals surface area contributed by atoms with Crippen molar-refractivity contribution in [1.29, 1.82) is 0 Å². The third-order valence-electron chi connectivity index (χ3n) is 3.61. The molecular formula is C13H19NO2S. The molecule has 17 heavy (non-hydrogen) atoms. The molecule has 0 saturated carbocycles. The third kappa shape index (κ3) is 2.38. The number of rotatable bonds is 2. The molecule has 0 spiro atoms. The van der Waals surface area contributed by atoms with Crippen LogP contribution in [0.4, 0.5) is 0 Å². The minimum atomic E-state index is -3.29. The Bertz CT molecular complexity index is 483. The van der Waals surface area contributed by atoms with E-state index in [0.717, 1.165) is 5.56 Å². The highest BCUT2D eigenvalue weighted by Crippen LogP contribution is 2.27. The standard InChI is InChI=1S/C13H19NO2S/c1-10-4-6-13(7-5-10)17(15,16)14-8-11(2)12(3)9-14/h4-7,11-12H,8-9H2,1-3H3. The van der Waals surface area contributed by atoms with Gasteiger partial charge in [0.05, 0.1) is 4.90 Å². The molecule has 1 saturated heterocycles. The van der Waals surface area contributed by atoms with Crippen molar-refractivity contribution in [3.63, 3.8) is 0 Å². The summed E-state index contributed by atoms with van der Waals surface area (Å²) in [5.74, 6) is 0.880. The van der Waals surface area contributed by atoms with E-state index in [2.05, 4.69) is 13.8 Å². The highest BCUT2D eigenvalue weighted by molar-refractivity contribution is 7.89. The van der Waals surface area contributed by atoms with Crippen LogP contribution < -0.4 is 0 Å². The first-order valence-electron chi connectivity index (χ1n) is 5.98. The summed E-state index contributed by atoms with van der Waals surface area (Å²) in [5, 5.41) is 0. The van der Waals surface area contributed by atoms with Gasteiger partial charge in [-0.15, -0.1) is 0 Å². The minimum Gasteiger partial charge on any atom is -0.207 e. The zero-order valence-corrected chi connectivity index (χ0v) is 11.4. The molecule has 2 rings (SSSR count). The summed E-state index contributed by atoms with van der Waals surface area (Å²) in [7, 11) is -3.29. The van der Waals surface area contributed by atoms with Gasteiger partial charge in [-0.2, -0.15) is 4.31 Å². The lowest BCUT2D eigenvalue weighted by Crippen LogP contribution is -2.29. The molecule has 0 aliphatic carbocycles. The van der Waals surface area contributed by atoms with Crippen molar-refractivity contribution in [2.24, 2.45) is 11.8 Å². The fourth-order valence-corrected chi connectivity index (χ4v) is 3.77. The predicted octanol–water partition coefficient (Wildman–Crippen LogP) is 2.27. The van der Waals surface area contributed by atoms with Crippen LogP contribution in [0, 0.1) is 18.8 Å². The molecule has 4 heteroatoms. The Morgan fingerprint density at radius 3 is 2.00 bits per heavy atom. The van der Waals surface area contributed by atoms with Gasteiger partial charge in [0.2, 0.25) is 10.0 Å². The number of hydrogen-bond acceptors (Lipinski definition) is 2. The molecule has 0 N–H and O–H groups in total. The van der Waals surface area contributed by atoms with Crippen LogP contribution in [0.15, 0.2) is 29.2 Å². The molecule has 1 aliphatic rings. The van der Waals surface area contributed by atoms with Crippen molar-refractivity contribution >= 4 is 10.0 Å². The molecule has 0 radical (unpaired) electrons. The Balaban J connectivity index is 2.28. The lowest BCUT2D eigenvalue weighted by atomic mass is 10.0. The van der Waals surface area contributed by atoms with E-state index in [0.29, 0.717) is 29.8 Å². The molecule has 2 unspecified atom stereocenters. The summed E-state index contributed by atoms with van der Waals surface area (Å²) < 4.78 is 26.3. The molecular weight excluding hydrogens is 234 g/mol. The summed E-state index contributed by atoms with van der Waals surface area (Å²) >= 11 is 0. The monoisotopic (exact) mass is 253 g/mol. The van der Waals surface area contributed by atoms with Crippen LogP contribution in [0.3, 0.4) is 0 Å². The Morgan fingerprint density at radius 1 is 1.06 bits per heavy atom. The lowest BCUT2D eigenvalue weighted by Gasteiger charge is -2.16. The number of benzene rings is 1. The van der Waals surface area contributed by atoms with E-state index in [4.69, 9.17) is 0 Å². The molecule has 0 amide bonds. The Labute approximate surface area is 104 Å². The van der Waals surface area contributed by atoms with Gasteiger partial charge in [-0.3, -0.25) is 0 Å². The third-order valence-corrected chi connectivity index (χ3v) is 5.46. The molecule has 0 bridgehead atoms. The summed E-state index contributed by atoms with van der Waals surface area (Å²) in [6.45, 7) is 7.44. The topological polar surface area (TPSA) is 37.4 Å². The predicted molar refractivity (Wildman–Crippen MR) is 68.3 cm³/mol. The molecule has 1 aromatic rings. The smallest absolute Gasteiger partial charge is 0.207 e. The summed E-state index contributed by atoms with van der Waals surface area (Å²) in [6.07, 6.45) is 0. The van der Waals surface area contributed by atoms with Gasteiger partial charge >= 0.3 is 0 Å². The average molecular weight is 253 g/mol. The van der Waals surface area contributed by atoms with Gasteiger partial charge in [-0.25, -0.2) is 8.42 Å². The van der Waals surface area contributed by atoms with Gasteiger partial charge in [0.25, 0.3) is 0 Å². The van der Waals surface area contributed by atoms with Crippen LogP contribution in [0.25, 0.3) is 0 Å². The molecule has 1 aromatic carbocycles. The summed E-state index contributed by atoms with van der Waals surface area (Å²) in [5.41, 5.74) is 1.08. The minimum absolute atomic E-state index is 0.407. The Morgan fingerprint density at radius 2 is 1.53 bits per heavy atom. The first-order valence-corrected chi connectivity index (χ1v) is 7.42. The van der Waals surface area contributed by atoms with Crippen molar-refractivity contribution in [3.8, 4) is 0 Å². The summed E-state index contributed by atoms with van der Waals surface area (Å²) in [4.78, 5) is 0.407. The van der Waals surface area contributed by atoms with E-state index >= 15 is 0 Å². The van der Waals surface area contributed by atoms with Crippen LogP contribution >= 0.6 is 0 Å².